The second kappa shape index (κ2) is 7.37. The summed E-state index contributed by atoms with van der Waals surface area (Å²) in [5, 5.41) is 10.7. The third-order valence-corrected chi connectivity index (χ3v) is 4.65. The van der Waals surface area contributed by atoms with E-state index in [9.17, 15) is 14.7 Å². The molecule has 4 N–H and O–H groups in total. The Morgan fingerprint density at radius 2 is 1.72 bits per heavy atom. The van der Waals surface area contributed by atoms with E-state index in [0.29, 0.717) is 22.3 Å². The molecule has 1 heterocycles. The van der Waals surface area contributed by atoms with Crippen molar-refractivity contribution < 1.29 is 14.7 Å². The van der Waals surface area contributed by atoms with E-state index in [1.54, 1.807) is 42.5 Å². The Morgan fingerprint density at radius 3 is 2.45 bits per heavy atom. The summed E-state index contributed by atoms with van der Waals surface area (Å²) >= 11 is 0. The number of primary amides is 1. The van der Waals surface area contributed by atoms with Crippen molar-refractivity contribution >= 4 is 22.8 Å². The molecule has 0 atom stereocenters. The summed E-state index contributed by atoms with van der Waals surface area (Å²) in [6.07, 6.45) is 1.84. The number of carboxylic acid groups (broad SMARTS) is 1. The summed E-state index contributed by atoms with van der Waals surface area (Å²) in [5.41, 5.74) is 9.41. The second-order valence-corrected chi connectivity index (χ2v) is 6.50. The van der Waals surface area contributed by atoms with Crippen LogP contribution in [0, 0.1) is 11.8 Å². The number of benzene rings is 3. The van der Waals surface area contributed by atoms with Crippen LogP contribution in [0.3, 0.4) is 0 Å². The Hall–Kier alpha value is -4.30. The molecule has 4 rings (SSSR count). The lowest BCUT2D eigenvalue weighted by atomic mass is 9.93. The predicted molar refractivity (Wildman–Crippen MR) is 112 cm³/mol. The van der Waals surface area contributed by atoms with Gasteiger partial charge in [0.25, 0.3) is 0 Å². The summed E-state index contributed by atoms with van der Waals surface area (Å²) in [6, 6.07) is 19.4. The number of aromatic carboxylic acids is 1. The van der Waals surface area contributed by atoms with Gasteiger partial charge in [-0.2, -0.15) is 0 Å². The van der Waals surface area contributed by atoms with E-state index in [4.69, 9.17) is 5.73 Å². The van der Waals surface area contributed by atoms with Crippen molar-refractivity contribution in [2.24, 2.45) is 5.73 Å². The van der Waals surface area contributed by atoms with Crippen molar-refractivity contribution in [2.75, 3.05) is 0 Å². The van der Waals surface area contributed by atoms with Crippen LogP contribution >= 0.6 is 0 Å². The molecule has 0 aliphatic rings. The Kier molecular flexibility index (Phi) is 4.60. The minimum absolute atomic E-state index is 0.187. The van der Waals surface area contributed by atoms with Crippen LogP contribution in [-0.2, 0) is 0 Å². The molecule has 1 amide bonds. The maximum atomic E-state index is 11.8. The monoisotopic (exact) mass is 380 g/mol. The summed E-state index contributed by atoms with van der Waals surface area (Å²) in [6.45, 7) is 0. The number of carboxylic acids is 1. The quantitative estimate of drug-likeness (QED) is 0.468. The number of H-pyrrole nitrogens is 1. The van der Waals surface area contributed by atoms with Crippen molar-refractivity contribution in [2.45, 2.75) is 0 Å². The first-order valence-electron chi connectivity index (χ1n) is 8.88. The van der Waals surface area contributed by atoms with Gasteiger partial charge in [-0.25, -0.2) is 4.79 Å². The molecule has 0 saturated carbocycles. The van der Waals surface area contributed by atoms with E-state index < -0.39 is 11.9 Å². The number of amides is 1. The van der Waals surface area contributed by atoms with E-state index in [1.165, 1.54) is 0 Å². The first-order chi connectivity index (χ1) is 14.0. The molecule has 0 bridgehead atoms. The first-order valence-corrected chi connectivity index (χ1v) is 8.88. The van der Waals surface area contributed by atoms with Crippen molar-refractivity contribution in [3.63, 3.8) is 0 Å². The second-order valence-electron chi connectivity index (χ2n) is 6.50. The van der Waals surface area contributed by atoms with Gasteiger partial charge in [-0.05, 0) is 59.5 Å². The molecule has 140 valence electrons. The standard InChI is InChI=1S/C24H16N2O3/c25-23(27)18-8-5-15(6-9-18)4-7-17-2-1-3-20(24(28)29)22(17)19-11-10-16-12-13-26-21(16)14-19/h1-3,5-6,8-14,26H,(H2,25,27)(H,28,29). The number of hydrogen-bond acceptors (Lipinski definition) is 2. The number of aromatic nitrogens is 1. The third kappa shape index (κ3) is 3.60. The molecule has 4 aromatic rings. The summed E-state index contributed by atoms with van der Waals surface area (Å²) in [5.74, 6) is 4.59. The van der Waals surface area contributed by atoms with E-state index >= 15 is 0 Å². The molecule has 5 heteroatoms. The van der Waals surface area contributed by atoms with Gasteiger partial charge in [0.1, 0.15) is 0 Å². The number of hydrogen-bond donors (Lipinski definition) is 3. The predicted octanol–water partition coefficient (Wildman–Crippen LogP) is 4.03. The maximum absolute atomic E-state index is 11.8. The molecular weight excluding hydrogens is 364 g/mol. The van der Waals surface area contributed by atoms with Crippen LogP contribution in [0.15, 0.2) is 72.9 Å². The fraction of sp³-hybridized carbons (Fsp3) is 0. The van der Waals surface area contributed by atoms with E-state index in [2.05, 4.69) is 16.8 Å². The zero-order valence-corrected chi connectivity index (χ0v) is 15.3. The SMILES string of the molecule is NC(=O)c1ccc(C#Cc2cccc(C(=O)O)c2-c2ccc3cc[nH]c3c2)cc1. The Labute approximate surface area is 166 Å². The molecule has 5 nitrogen and oxygen atoms in total. The molecule has 0 radical (unpaired) electrons. The molecule has 0 spiro atoms. The van der Waals surface area contributed by atoms with Crippen LogP contribution in [-0.4, -0.2) is 22.0 Å². The summed E-state index contributed by atoms with van der Waals surface area (Å²) in [7, 11) is 0. The highest BCUT2D eigenvalue weighted by molar-refractivity contribution is 5.99. The van der Waals surface area contributed by atoms with Crippen LogP contribution in [0.2, 0.25) is 0 Å². The van der Waals surface area contributed by atoms with Crippen LogP contribution in [0.4, 0.5) is 0 Å². The molecule has 1 aromatic heterocycles. The summed E-state index contributed by atoms with van der Waals surface area (Å²) < 4.78 is 0. The smallest absolute Gasteiger partial charge is 0.336 e. The van der Waals surface area contributed by atoms with E-state index in [-0.39, 0.29) is 5.56 Å². The number of carbonyl (C=O) groups is 2. The topological polar surface area (TPSA) is 96.2 Å². The Balaban J connectivity index is 1.83. The number of nitrogens with two attached hydrogens (primary N) is 1. The number of aromatic amines is 1. The van der Waals surface area contributed by atoms with Gasteiger partial charge in [0, 0.05) is 34.0 Å². The normalized spacial score (nSPS) is 10.3. The number of carbonyl (C=O) groups excluding carboxylic acids is 1. The molecule has 0 fully saturated rings. The molecular formula is C24H16N2O3. The highest BCUT2D eigenvalue weighted by Gasteiger charge is 2.15. The number of rotatable bonds is 3. The zero-order valence-electron chi connectivity index (χ0n) is 15.3. The van der Waals surface area contributed by atoms with Gasteiger partial charge in [-0.1, -0.05) is 30.0 Å². The minimum atomic E-state index is -1.01. The van der Waals surface area contributed by atoms with Crippen LogP contribution in [0.1, 0.15) is 31.8 Å². The Bertz CT molecular complexity index is 1310. The van der Waals surface area contributed by atoms with Crippen molar-refractivity contribution in [3.8, 4) is 23.0 Å². The number of nitrogens with one attached hydrogen (secondary N) is 1. The molecule has 29 heavy (non-hydrogen) atoms. The molecule has 0 aliphatic carbocycles. The zero-order chi connectivity index (χ0) is 20.4. The number of fused-ring (bicyclic) bond motifs is 1. The average molecular weight is 380 g/mol. The van der Waals surface area contributed by atoms with Gasteiger partial charge < -0.3 is 15.8 Å². The molecule has 0 unspecified atom stereocenters. The van der Waals surface area contributed by atoms with Crippen molar-refractivity contribution in [3.05, 3.63) is 95.2 Å². The van der Waals surface area contributed by atoms with Crippen LogP contribution < -0.4 is 5.73 Å². The van der Waals surface area contributed by atoms with Crippen LogP contribution in [0.25, 0.3) is 22.0 Å². The lowest BCUT2D eigenvalue weighted by molar-refractivity contribution is 0.0697. The highest BCUT2D eigenvalue weighted by Crippen LogP contribution is 2.30. The van der Waals surface area contributed by atoms with Crippen molar-refractivity contribution in [1.29, 1.82) is 0 Å². The Morgan fingerprint density at radius 1 is 0.931 bits per heavy atom. The van der Waals surface area contributed by atoms with Gasteiger partial charge in [0.15, 0.2) is 0 Å². The summed E-state index contributed by atoms with van der Waals surface area (Å²) in [4.78, 5) is 26.2. The third-order valence-electron chi connectivity index (χ3n) is 4.65. The van der Waals surface area contributed by atoms with Gasteiger partial charge in [0.2, 0.25) is 5.91 Å². The van der Waals surface area contributed by atoms with E-state index in [1.807, 2.05) is 30.5 Å². The highest BCUT2D eigenvalue weighted by atomic mass is 16.4. The molecule has 3 aromatic carbocycles. The maximum Gasteiger partial charge on any atom is 0.336 e. The van der Waals surface area contributed by atoms with Crippen molar-refractivity contribution in [1.82, 2.24) is 4.98 Å². The molecule has 0 saturated heterocycles. The van der Waals surface area contributed by atoms with Gasteiger partial charge in [0.05, 0.1) is 5.56 Å². The van der Waals surface area contributed by atoms with Gasteiger partial charge >= 0.3 is 5.97 Å². The fourth-order valence-electron chi connectivity index (χ4n) is 3.21. The average Bonchev–Trinajstić information content (AvgIpc) is 3.20. The lowest BCUT2D eigenvalue weighted by Gasteiger charge is -2.10. The first kappa shape index (κ1) is 18.1. The van der Waals surface area contributed by atoms with E-state index in [0.717, 1.165) is 16.5 Å². The van der Waals surface area contributed by atoms with Gasteiger partial charge in [-0.3, -0.25) is 4.79 Å². The fourth-order valence-corrected chi connectivity index (χ4v) is 3.21. The van der Waals surface area contributed by atoms with Gasteiger partial charge in [-0.15, -0.1) is 0 Å². The molecule has 0 aliphatic heterocycles. The minimum Gasteiger partial charge on any atom is -0.478 e. The van der Waals surface area contributed by atoms with Crippen LogP contribution in [0.5, 0.6) is 0 Å². The largest absolute Gasteiger partial charge is 0.478 e. The lowest BCUT2D eigenvalue weighted by Crippen LogP contribution is -2.10.